The Bertz CT molecular complexity index is 3610. The van der Waals surface area contributed by atoms with E-state index in [4.69, 9.17) is 14.1 Å². The maximum absolute atomic E-state index is 6.87. The molecule has 0 radical (unpaired) electrons. The molecule has 1 aliphatic heterocycles. The third kappa shape index (κ3) is 6.43. The molecule has 3 aromatic heterocycles. The van der Waals surface area contributed by atoms with Crippen LogP contribution in [0, 0.1) is 13.8 Å². The van der Waals surface area contributed by atoms with Crippen LogP contribution in [0.15, 0.2) is 193 Å². The predicted molar refractivity (Wildman–Crippen MR) is 273 cm³/mol. The maximum Gasteiger partial charge on any atom is 0.145 e. The van der Waals surface area contributed by atoms with Crippen molar-refractivity contribution in [3.05, 3.63) is 205 Å². The van der Waals surface area contributed by atoms with Gasteiger partial charge in [-0.25, -0.2) is 4.98 Å². The summed E-state index contributed by atoms with van der Waals surface area (Å²) in [5.74, 6) is 2.33. The number of anilines is 4. The van der Waals surface area contributed by atoms with Gasteiger partial charge in [0.15, 0.2) is 0 Å². The standard InChI is InChI=1S/C60H48N4O2/c1-38-33-39(2)56(41-19-10-7-11-20-41)58(55(38)40-17-8-6-9-18-40)63-37-62(49-24-13-14-25-50(49)63)43-21-16-22-44(35-43)65-45-27-28-48-52(36-45)64(54-34-42(31-32-61-54)60(3,4)5)51-30-29-47-46-23-12-15-26-53(46)66-59(47)57(48)51/h6-36H,37H2,1-5H3. The van der Waals surface area contributed by atoms with Crippen molar-refractivity contribution in [2.75, 3.05) is 16.5 Å². The molecular weight excluding hydrogens is 809 g/mol. The van der Waals surface area contributed by atoms with Gasteiger partial charge in [-0.2, -0.15) is 0 Å². The lowest BCUT2D eigenvalue weighted by atomic mass is 9.88. The van der Waals surface area contributed by atoms with Crippen LogP contribution in [0.2, 0.25) is 0 Å². The van der Waals surface area contributed by atoms with Crippen molar-refractivity contribution in [1.29, 1.82) is 0 Å². The Labute approximate surface area is 384 Å². The molecule has 66 heavy (non-hydrogen) atoms. The molecule has 320 valence electrons. The van der Waals surface area contributed by atoms with Gasteiger partial charge in [-0.3, -0.25) is 4.57 Å². The SMILES string of the molecule is Cc1cc(C)c(-c2ccccc2)c(N2CN(c3cccc(Oc4ccc5c6c7oc8ccccc8c7ccc6n(-c6cc(C(C)(C)C)ccn6)c5c4)c3)c3ccccc32)c1-c1ccccc1. The van der Waals surface area contributed by atoms with Gasteiger partial charge in [-0.05, 0) is 114 Å². The summed E-state index contributed by atoms with van der Waals surface area (Å²) in [6.45, 7) is 11.8. The molecule has 6 nitrogen and oxygen atoms in total. The average molecular weight is 857 g/mol. The summed E-state index contributed by atoms with van der Waals surface area (Å²) in [7, 11) is 0. The predicted octanol–water partition coefficient (Wildman–Crippen LogP) is 16.4. The lowest BCUT2D eigenvalue weighted by molar-refractivity contribution is 0.483. The number of aryl methyl sites for hydroxylation is 2. The molecule has 0 atom stereocenters. The van der Waals surface area contributed by atoms with Crippen LogP contribution >= 0.6 is 0 Å². The maximum atomic E-state index is 6.87. The highest BCUT2D eigenvalue weighted by Crippen LogP contribution is 2.52. The van der Waals surface area contributed by atoms with Crippen LogP contribution in [0.4, 0.5) is 22.7 Å². The van der Waals surface area contributed by atoms with Crippen LogP contribution in [0.25, 0.3) is 71.8 Å². The number of pyridine rings is 1. The molecule has 8 aromatic carbocycles. The fourth-order valence-corrected chi connectivity index (χ4v) is 10.2. The van der Waals surface area contributed by atoms with Gasteiger partial charge in [-0.1, -0.05) is 124 Å². The molecule has 0 N–H and O–H groups in total. The third-order valence-corrected chi connectivity index (χ3v) is 13.3. The van der Waals surface area contributed by atoms with Gasteiger partial charge < -0.3 is 19.0 Å². The molecule has 0 bridgehead atoms. The monoisotopic (exact) mass is 856 g/mol. The van der Waals surface area contributed by atoms with E-state index in [0.717, 1.165) is 78.1 Å². The third-order valence-electron chi connectivity index (χ3n) is 13.3. The van der Waals surface area contributed by atoms with Crippen molar-refractivity contribution < 1.29 is 9.15 Å². The van der Waals surface area contributed by atoms with Gasteiger partial charge in [0.2, 0.25) is 0 Å². The topological polar surface area (TPSA) is 46.7 Å². The summed E-state index contributed by atoms with van der Waals surface area (Å²) < 4.78 is 15.8. The number of para-hydroxylation sites is 3. The molecule has 0 amide bonds. The molecule has 0 unspecified atom stereocenters. The minimum Gasteiger partial charge on any atom is -0.457 e. The number of benzene rings is 8. The number of ether oxygens (including phenoxy) is 1. The summed E-state index contributed by atoms with van der Waals surface area (Å²) in [5, 5.41) is 4.33. The van der Waals surface area contributed by atoms with Crippen LogP contribution in [-0.2, 0) is 5.41 Å². The molecule has 0 spiro atoms. The van der Waals surface area contributed by atoms with E-state index < -0.39 is 0 Å². The molecule has 12 rings (SSSR count). The minimum atomic E-state index is -0.0536. The van der Waals surface area contributed by atoms with E-state index in [1.165, 1.54) is 44.6 Å². The zero-order valence-electron chi connectivity index (χ0n) is 37.7. The quantitative estimate of drug-likeness (QED) is 0.160. The minimum absolute atomic E-state index is 0.0536. The Kier molecular flexibility index (Phi) is 9.14. The van der Waals surface area contributed by atoms with Crippen molar-refractivity contribution >= 4 is 66.5 Å². The van der Waals surface area contributed by atoms with E-state index in [1.807, 2.05) is 24.4 Å². The zero-order chi connectivity index (χ0) is 44.7. The lowest BCUT2D eigenvalue weighted by Crippen LogP contribution is -2.25. The van der Waals surface area contributed by atoms with Gasteiger partial charge in [0, 0.05) is 51.3 Å². The largest absolute Gasteiger partial charge is 0.457 e. The van der Waals surface area contributed by atoms with Gasteiger partial charge in [0.25, 0.3) is 0 Å². The summed E-state index contributed by atoms with van der Waals surface area (Å²) in [5.41, 5.74) is 16.8. The smallest absolute Gasteiger partial charge is 0.145 e. The highest BCUT2D eigenvalue weighted by atomic mass is 16.5. The summed E-state index contributed by atoms with van der Waals surface area (Å²) in [4.78, 5) is 9.87. The number of hydrogen-bond acceptors (Lipinski definition) is 5. The van der Waals surface area contributed by atoms with Gasteiger partial charge in [0.05, 0.1) is 33.5 Å². The first-order valence-electron chi connectivity index (χ1n) is 22.7. The van der Waals surface area contributed by atoms with Crippen LogP contribution in [0.5, 0.6) is 11.5 Å². The normalized spacial score (nSPS) is 12.8. The Morgan fingerprint density at radius 3 is 1.92 bits per heavy atom. The number of aromatic nitrogens is 2. The summed E-state index contributed by atoms with van der Waals surface area (Å²) in [6, 6.07) is 64.5. The van der Waals surface area contributed by atoms with E-state index >= 15 is 0 Å². The fourth-order valence-electron chi connectivity index (χ4n) is 10.2. The average Bonchev–Trinajstić information content (AvgIpc) is 4.01. The molecule has 1 aliphatic rings. The second-order valence-corrected chi connectivity index (χ2v) is 18.5. The van der Waals surface area contributed by atoms with Crippen molar-refractivity contribution in [3.8, 4) is 39.6 Å². The molecule has 0 fully saturated rings. The van der Waals surface area contributed by atoms with Crippen LogP contribution < -0.4 is 14.5 Å². The van der Waals surface area contributed by atoms with Gasteiger partial charge >= 0.3 is 0 Å². The first-order valence-corrected chi connectivity index (χ1v) is 22.7. The summed E-state index contributed by atoms with van der Waals surface area (Å²) in [6.07, 6.45) is 1.92. The van der Waals surface area contributed by atoms with E-state index in [2.05, 4.69) is 213 Å². The van der Waals surface area contributed by atoms with E-state index in [9.17, 15) is 0 Å². The van der Waals surface area contributed by atoms with Crippen molar-refractivity contribution in [2.45, 2.75) is 40.0 Å². The van der Waals surface area contributed by atoms with Crippen LogP contribution in [-0.4, -0.2) is 16.2 Å². The van der Waals surface area contributed by atoms with Crippen molar-refractivity contribution in [3.63, 3.8) is 0 Å². The van der Waals surface area contributed by atoms with Crippen LogP contribution in [0.3, 0.4) is 0 Å². The highest BCUT2D eigenvalue weighted by Gasteiger charge is 2.33. The Morgan fingerprint density at radius 2 is 1.20 bits per heavy atom. The molecule has 4 heterocycles. The van der Waals surface area contributed by atoms with Crippen molar-refractivity contribution in [2.24, 2.45) is 0 Å². The number of hydrogen-bond donors (Lipinski definition) is 0. The second-order valence-electron chi connectivity index (χ2n) is 18.5. The van der Waals surface area contributed by atoms with E-state index in [1.54, 1.807) is 0 Å². The molecule has 6 heteroatoms. The van der Waals surface area contributed by atoms with Gasteiger partial charge in [-0.15, -0.1) is 0 Å². The fraction of sp³-hybridized carbons (Fsp3) is 0.117. The van der Waals surface area contributed by atoms with Crippen LogP contribution in [0.1, 0.15) is 37.5 Å². The lowest BCUT2D eigenvalue weighted by Gasteiger charge is -2.29. The first kappa shape index (κ1) is 39.5. The molecule has 11 aromatic rings. The van der Waals surface area contributed by atoms with E-state index in [0.29, 0.717) is 6.67 Å². The highest BCUT2D eigenvalue weighted by molar-refractivity contribution is 6.24. The number of furan rings is 1. The first-order chi connectivity index (χ1) is 32.2. The molecular formula is C60H48N4O2. The summed E-state index contributed by atoms with van der Waals surface area (Å²) >= 11 is 0. The van der Waals surface area contributed by atoms with E-state index in [-0.39, 0.29) is 5.41 Å². The van der Waals surface area contributed by atoms with Gasteiger partial charge in [0.1, 0.15) is 35.2 Å². The Morgan fingerprint density at radius 1 is 0.545 bits per heavy atom. The van der Waals surface area contributed by atoms with Crippen molar-refractivity contribution in [1.82, 2.24) is 9.55 Å². The molecule has 0 aliphatic carbocycles. The molecule has 0 saturated heterocycles. The Hall–Kier alpha value is -8.09. The number of fused-ring (bicyclic) bond motifs is 8. The second kappa shape index (κ2) is 15.3. The Balaban J connectivity index is 0.967. The number of rotatable bonds is 7. The molecule has 0 saturated carbocycles. The zero-order valence-corrected chi connectivity index (χ0v) is 37.7. The number of nitrogens with zero attached hydrogens (tertiary/aromatic N) is 4.